The molecule has 2 rings (SSSR count). The van der Waals surface area contributed by atoms with E-state index in [-0.39, 0.29) is 6.42 Å². The van der Waals surface area contributed by atoms with Crippen molar-refractivity contribution >= 4 is 17.8 Å². The molecule has 1 aliphatic rings. The molecule has 122 valence electrons. The smallest absolute Gasteiger partial charge is 0.340 e. The van der Waals surface area contributed by atoms with Crippen molar-refractivity contribution in [1.29, 1.82) is 0 Å². The summed E-state index contributed by atoms with van der Waals surface area (Å²) in [5.74, 6) is -2.70. The van der Waals surface area contributed by atoms with Crippen molar-refractivity contribution in [2.75, 3.05) is 0 Å². The predicted molar refractivity (Wildman–Crippen MR) is 81.2 cm³/mol. The third-order valence-corrected chi connectivity index (χ3v) is 3.11. The van der Waals surface area contributed by atoms with Gasteiger partial charge >= 0.3 is 5.97 Å². The highest BCUT2D eigenvalue weighted by Gasteiger charge is 2.54. The van der Waals surface area contributed by atoms with E-state index in [2.05, 4.69) is 33.0 Å². The van der Waals surface area contributed by atoms with Gasteiger partial charge in [0.05, 0.1) is 6.42 Å². The van der Waals surface area contributed by atoms with Crippen LogP contribution in [0.2, 0.25) is 0 Å². The summed E-state index contributed by atoms with van der Waals surface area (Å²) in [6.07, 6.45) is 2.54. The lowest BCUT2D eigenvalue weighted by molar-refractivity contribution is -0.152. The quantitative estimate of drug-likeness (QED) is 0.562. The van der Waals surface area contributed by atoms with Gasteiger partial charge in [0.25, 0.3) is 5.91 Å². The molecule has 0 unspecified atom stereocenters. The Labute approximate surface area is 129 Å². The molecule has 7 nitrogen and oxygen atoms in total. The summed E-state index contributed by atoms with van der Waals surface area (Å²) in [4.78, 5) is 33.7. The zero-order valence-electron chi connectivity index (χ0n) is 13.3. The van der Waals surface area contributed by atoms with Crippen molar-refractivity contribution in [3.63, 3.8) is 0 Å². The summed E-state index contributed by atoms with van der Waals surface area (Å²) in [5.41, 5.74) is -1.82. The lowest BCUT2D eigenvalue weighted by Crippen LogP contribution is -2.47. The van der Waals surface area contributed by atoms with Gasteiger partial charge in [0.15, 0.2) is 0 Å². The van der Waals surface area contributed by atoms with Crippen LogP contribution in [0.25, 0.3) is 0 Å². The van der Waals surface area contributed by atoms with E-state index in [0.717, 1.165) is 0 Å². The molecule has 0 aromatic carbocycles. The van der Waals surface area contributed by atoms with E-state index in [1.54, 1.807) is 12.1 Å². The van der Waals surface area contributed by atoms with Gasteiger partial charge in [-0.1, -0.05) is 27.7 Å². The summed E-state index contributed by atoms with van der Waals surface area (Å²) in [6.45, 7) is 8.61. The molecule has 2 amide bonds. The van der Waals surface area contributed by atoms with Gasteiger partial charge in [0.1, 0.15) is 0 Å². The first-order valence-electron chi connectivity index (χ1n) is 7.17. The Hall–Kier alpha value is -2.15. The topological polar surface area (TPSA) is 100 Å². The molecule has 0 bridgehead atoms. The number of carboxylic acid groups (broad SMARTS) is 1. The average Bonchev–Trinajstić information content (AvgIpc) is 2.96. The molecule has 22 heavy (non-hydrogen) atoms. The van der Waals surface area contributed by atoms with Crippen LogP contribution in [0.4, 0.5) is 0 Å². The Balaban J connectivity index is 0.000000295. The second kappa shape index (κ2) is 7.22. The van der Waals surface area contributed by atoms with Crippen molar-refractivity contribution in [1.82, 2.24) is 15.2 Å². The summed E-state index contributed by atoms with van der Waals surface area (Å²) in [6, 6.07) is 4.45. The molecule has 1 saturated heterocycles. The number of nitrogens with one attached hydrogen (secondary N) is 2. The van der Waals surface area contributed by atoms with Crippen molar-refractivity contribution in [3.8, 4) is 0 Å². The number of carbonyl (C=O) groups excluding carboxylic acids is 2. The van der Waals surface area contributed by atoms with Crippen LogP contribution in [-0.2, 0) is 19.9 Å². The van der Waals surface area contributed by atoms with Crippen LogP contribution in [0.15, 0.2) is 24.5 Å². The van der Waals surface area contributed by atoms with Crippen LogP contribution < -0.4 is 10.6 Å². The average molecular weight is 309 g/mol. The molecule has 1 aliphatic heterocycles. The Kier molecular flexibility index (Phi) is 5.87. The number of carboxylic acids is 1. The fourth-order valence-corrected chi connectivity index (χ4v) is 2.33. The van der Waals surface area contributed by atoms with Gasteiger partial charge in [0, 0.05) is 24.5 Å². The Morgan fingerprint density at radius 1 is 1.23 bits per heavy atom. The van der Waals surface area contributed by atoms with E-state index in [9.17, 15) is 14.4 Å². The molecular weight excluding hydrogens is 286 g/mol. The highest BCUT2D eigenvalue weighted by Crippen LogP contribution is 2.26. The minimum Gasteiger partial charge on any atom is -0.479 e. The molecule has 1 atom stereocenters. The number of aliphatic carboxylic acids is 1. The summed E-state index contributed by atoms with van der Waals surface area (Å²) in [5, 5.41) is 14.4. The van der Waals surface area contributed by atoms with Gasteiger partial charge in [-0.15, -0.1) is 0 Å². The van der Waals surface area contributed by atoms with E-state index in [1.807, 2.05) is 5.32 Å². The molecule has 7 heteroatoms. The van der Waals surface area contributed by atoms with Crippen LogP contribution >= 0.6 is 0 Å². The van der Waals surface area contributed by atoms with Crippen molar-refractivity contribution in [2.24, 2.45) is 0 Å². The SMILES string of the molecule is CC(C)NC(C)C.O=C1C[C@@](C(=O)O)(n2cccc2)C(=O)N1. The van der Waals surface area contributed by atoms with Gasteiger partial charge in [-0.25, -0.2) is 4.79 Å². The first kappa shape index (κ1) is 17.9. The van der Waals surface area contributed by atoms with E-state index in [1.165, 1.54) is 17.0 Å². The maximum Gasteiger partial charge on any atom is 0.340 e. The molecule has 0 spiro atoms. The van der Waals surface area contributed by atoms with Gasteiger partial charge in [-0.3, -0.25) is 14.9 Å². The van der Waals surface area contributed by atoms with Crippen LogP contribution in [-0.4, -0.2) is 39.5 Å². The molecule has 1 aromatic rings. The zero-order chi connectivity index (χ0) is 16.9. The molecule has 2 heterocycles. The monoisotopic (exact) mass is 309 g/mol. The first-order valence-corrected chi connectivity index (χ1v) is 7.17. The lowest BCUT2D eigenvalue weighted by Gasteiger charge is -2.21. The van der Waals surface area contributed by atoms with Crippen LogP contribution in [0.3, 0.4) is 0 Å². The highest BCUT2D eigenvalue weighted by atomic mass is 16.4. The minimum absolute atomic E-state index is 0.365. The van der Waals surface area contributed by atoms with Gasteiger partial charge in [-0.05, 0) is 12.1 Å². The molecule has 1 fully saturated rings. The predicted octanol–water partition coefficient (Wildman–Crippen LogP) is 0.707. The van der Waals surface area contributed by atoms with Crippen molar-refractivity contribution in [3.05, 3.63) is 24.5 Å². The lowest BCUT2D eigenvalue weighted by atomic mass is 9.97. The normalized spacial score (nSPS) is 20.8. The number of hydrogen-bond donors (Lipinski definition) is 3. The Morgan fingerprint density at radius 2 is 1.73 bits per heavy atom. The number of carbonyl (C=O) groups is 3. The molecule has 3 N–H and O–H groups in total. The third-order valence-electron chi connectivity index (χ3n) is 3.11. The molecule has 1 aromatic heterocycles. The fourth-order valence-electron chi connectivity index (χ4n) is 2.33. The summed E-state index contributed by atoms with van der Waals surface area (Å²) >= 11 is 0. The molecular formula is C15H23N3O4. The molecule has 0 radical (unpaired) electrons. The van der Waals surface area contributed by atoms with Crippen LogP contribution in [0.1, 0.15) is 34.1 Å². The zero-order valence-corrected chi connectivity index (χ0v) is 13.3. The molecule has 0 saturated carbocycles. The summed E-state index contributed by atoms with van der Waals surface area (Å²) < 4.78 is 1.23. The number of hydrogen-bond acceptors (Lipinski definition) is 4. The van der Waals surface area contributed by atoms with E-state index in [4.69, 9.17) is 5.11 Å². The second-order valence-corrected chi connectivity index (χ2v) is 5.79. The number of nitrogens with zero attached hydrogens (tertiary/aromatic N) is 1. The minimum atomic E-state index is -1.82. The van der Waals surface area contributed by atoms with E-state index >= 15 is 0 Å². The maximum absolute atomic E-state index is 11.5. The number of aromatic nitrogens is 1. The fraction of sp³-hybridized carbons (Fsp3) is 0.533. The third kappa shape index (κ3) is 3.94. The van der Waals surface area contributed by atoms with E-state index < -0.39 is 23.3 Å². The largest absolute Gasteiger partial charge is 0.479 e. The number of imide groups is 1. The Morgan fingerprint density at radius 3 is 2.00 bits per heavy atom. The molecule has 0 aliphatic carbocycles. The van der Waals surface area contributed by atoms with Gasteiger partial charge in [-0.2, -0.15) is 0 Å². The van der Waals surface area contributed by atoms with Gasteiger partial charge in [0.2, 0.25) is 11.4 Å². The standard InChI is InChI=1S/C9H8N2O4.C6H15N/c12-6-5-9(8(14)15,7(13)10-6)11-3-1-2-4-11;1-5(2)7-6(3)4/h1-4H,5H2,(H,14,15)(H,10,12,13);5-7H,1-4H3/t9-;/m1./s1. The maximum atomic E-state index is 11.5. The van der Waals surface area contributed by atoms with Crippen molar-refractivity contribution < 1.29 is 19.5 Å². The van der Waals surface area contributed by atoms with Crippen molar-refractivity contribution in [2.45, 2.75) is 51.7 Å². The van der Waals surface area contributed by atoms with E-state index in [0.29, 0.717) is 12.1 Å². The van der Waals surface area contributed by atoms with Crippen LogP contribution in [0, 0.1) is 0 Å². The number of rotatable bonds is 4. The second-order valence-electron chi connectivity index (χ2n) is 5.79. The number of amides is 2. The van der Waals surface area contributed by atoms with Crippen LogP contribution in [0.5, 0.6) is 0 Å². The highest BCUT2D eigenvalue weighted by molar-refractivity contribution is 6.17. The Bertz CT molecular complexity index is 531. The summed E-state index contributed by atoms with van der Waals surface area (Å²) in [7, 11) is 0. The van der Waals surface area contributed by atoms with Gasteiger partial charge < -0.3 is 15.0 Å². The first-order chi connectivity index (χ1) is 10.2.